The summed E-state index contributed by atoms with van der Waals surface area (Å²) >= 11 is 0. The van der Waals surface area contributed by atoms with Gasteiger partial charge in [-0.3, -0.25) is 14.9 Å². The van der Waals surface area contributed by atoms with Crippen LogP contribution in [0.1, 0.15) is 28.7 Å². The Morgan fingerprint density at radius 3 is 2.07 bits per heavy atom. The molecular formula is C23H24N2O5. The van der Waals surface area contributed by atoms with E-state index in [1.807, 2.05) is 39.0 Å². The minimum absolute atomic E-state index is 0.258. The molecule has 1 N–H and O–H groups in total. The molecule has 30 heavy (non-hydrogen) atoms. The van der Waals surface area contributed by atoms with Crippen molar-refractivity contribution in [1.29, 1.82) is 0 Å². The third kappa shape index (κ3) is 5.20. The molecule has 1 aromatic heterocycles. The van der Waals surface area contributed by atoms with Crippen molar-refractivity contribution < 1.29 is 23.8 Å². The largest absolute Gasteiger partial charge is 0.490 e. The smallest absolute Gasteiger partial charge is 0.349 e. The molecule has 0 aliphatic heterocycles. The van der Waals surface area contributed by atoms with E-state index in [1.54, 1.807) is 47.1 Å². The van der Waals surface area contributed by atoms with Crippen LogP contribution < -0.4 is 19.6 Å². The highest BCUT2D eigenvalue weighted by Gasteiger charge is 2.12. The molecule has 0 atom stereocenters. The van der Waals surface area contributed by atoms with Crippen molar-refractivity contribution >= 4 is 11.9 Å². The zero-order chi connectivity index (χ0) is 21.5. The minimum atomic E-state index is -0.558. The van der Waals surface area contributed by atoms with Crippen LogP contribution in [-0.4, -0.2) is 29.8 Å². The Labute approximate surface area is 175 Å². The summed E-state index contributed by atoms with van der Waals surface area (Å²) in [5.41, 5.74) is 5.13. The number of esters is 1. The SMILES string of the molecule is CCOc1ccccc1OCC(=O)Oc1ccc(C(=O)Nn2c(C)ccc2C)cc1. The number of carbonyl (C=O) groups is 2. The number of para-hydroxylation sites is 2. The molecule has 1 heterocycles. The molecular weight excluding hydrogens is 384 g/mol. The number of rotatable bonds is 8. The number of hydrogen-bond donors (Lipinski definition) is 1. The van der Waals surface area contributed by atoms with E-state index in [4.69, 9.17) is 14.2 Å². The molecule has 0 aliphatic rings. The van der Waals surface area contributed by atoms with Crippen molar-refractivity contribution in [1.82, 2.24) is 4.68 Å². The van der Waals surface area contributed by atoms with Gasteiger partial charge in [-0.15, -0.1) is 0 Å². The van der Waals surface area contributed by atoms with Gasteiger partial charge in [-0.1, -0.05) is 12.1 Å². The first-order valence-corrected chi connectivity index (χ1v) is 9.59. The monoisotopic (exact) mass is 408 g/mol. The topological polar surface area (TPSA) is 78.8 Å². The molecule has 0 fully saturated rings. The summed E-state index contributed by atoms with van der Waals surface area (Å²) in [6.07, 6.45) is 0. The van der Waals surface area contributed by atoms with E-state index in [9.17, 15) is 9.59 Å². The summed E-state index contributed by atoms with van der Waals surface area (Å²) in [5, 5.41) is 0. The maximum absolute atomic E-state index is 12.4. The number of aryl methyl sites for hydroxylation is 2. The lowest BCUT2D eigenvalue weighted by Gasteiger charge is -2.12. The van der Waals surface area contributed by atoms with Gasteiger partial charge in [-0.05, 0) is 69.3 Å². The van der Waals surface area contributed by atoms with Gasteiger partial charge in [0.05, 0.1) is 6.61 Å². The molecule has 0 spiro atoms. The molecule has 3 rings (SSSR count). The molecule has 0 unspecified atom stereocenters. The number of hydrogen-bond acceptors (Lipinski definition) is 5. The summed E-state index contributed by atoms with van der Waals surface area (Å²) in [6, 6.07) is 17.3. The van der Waals surface area contributed by atoms with Crippen LogP contribution in [0.25, 0.3) is 0 Å². The van der Waals surface area contributed by atoms with Crippen LogP contribution in [0.3, 0.4) is 0 Å². The van der Waals surface area contributed by atoms with Gasteiger partial charge in [0.2, 0.25) is 0 Å². The molecule has 3 aromatic rings. The summed E-state index contributed by atoms with van der Waals surface area (Å²) < 4.78 is 17.9. The van der Waals surface area contributed by atoms with E-state index in [-0.39, 0.29) is 12.5 Å². The molecule has 2 aromatic carbocycles. The van der Waals surface area contributed by atoms with Crippen molar-refractivity contribution in [2.75, 3.05) is 18.6 Å². The fourth-order valence-electron chi connectivity index (χ4n) is 2.83. The molecule has 156 valence electrons. The average Bonchev–Trinajstić information content (AvgIpc) is 3.06. The van der Waals surface area contributed by atoms with Gasteiger partial charge in [0.25, 0.3) is 5.91 Å². The molecule has 0 saturated heterocycles. The maximum atomic E-state index is 12.4. The lowest BCUT2D eigenvalue weighted by Crippen LogP contribution is -2.24. The lowest BCUT2D eigenvalue weighted by molar-refractivity contribution is -0.136. The normalized spacial score (nSPS) is 10.4. The van der Waals surface area contributed by atoms with Crippen LogP contribution in [0.5, 0.6) is 17.2 Å². The Morgan fingerprint density at radius 1 is 0.867 bits per heavy atom. The zero-order valence-electron chi connectivity index (χ0n) is 17.2. The molecule has 0 aliphatic carbocycles. The molecule has 7 heteroatoms. The van der Waals surface area contributed by atoms with Crippen LogP contribution in [0.4, 0.5) is 0 Å². The highest BCUT2D eigenvalue weighted by molar-refractivity contribution is 6.00. The van der Waals surface area contributed by atoms with Gasteiger partial charge in [0.1, 0.15) is 5.75 Å². The summed E-state index contributed by atoms with van der Waals surface area (Å²) in [7, 11) is 0. The summed E-state index contributed by atoms with van der Waals surface area (Å²) in [5.74, 6) is 0.546. The Bertz CT molecular complexity index is 1000. The average molecular weight is 408 g/mol. The highest BCUT2D eigenvalue weighted by Crippen LogP contribution is 2.26. The predicted octanol–water partition coefficient (Wildman–Crippen LogP) is 3.87. The van der Waals surface area contributed by atoms with Gasteiger partial charge in [-0.25, -0.2) is 4.79 Å². The zero-order valence-corrected chi connectivity index (χ0v) is 17.2. The van der Waals surface area contributed by atoms with Gasteiger partial charge in [-0.2, -0.15) is 0 Å². The van der Waals surface area contributed by atoms with Crippen LogP contribution in [-0.2, 0) is 4.79 Å². The van der Waals surface area contributed by atoms with E-state index < -0.39 is 5.97 Å². The number of nitrogens with zero attached hydrogens (tertiary/aromatic N) is 1. The first kappa shape index (κ1) is 21.0. The van der Waals surface area contributed by atoms with Gasteiger partial charge in [0, 0.05) is 17.0 Å². The van der Waals surface area contributed by atoms with E-state index in [0.29, 0.717) is 29.4 Å². The van der Waals surface area contributed by atoms with Gasteiger partial charge >= 0.3 is 5.97 Å². The second-order valence-electron chi connectivity index (χ2n) is 6.56. The van der Waals surface area contributed by atoms with E-state index in [2.05, 4.69) is 5.43 Å². The summed E-state index contributed by atoms with van der Waals surface area (Å²) in [4.78, 5) is 24.5. The van der Waals surface area contributed by atoms with Gasteiger partial charge in [0.15, 0.2) is 18.1 Å². The minimum Gasteiger partial charge on any atom is -0.490 e. The van der Waals surface area contributed by atoms with Crippen molar-refractivity contribution in [3.63, 3.8) is 0 Å². The number of carbonyl (C=O) groups excluding carboxylic acids is 2. The molecule has 7 nitrogen and oxygen atoms in total. The number of nitrogens with one attached hydrogen (secondary N) is 1. The molecule has 0 saturated carbocycles. The number of amides is 1. The fraction of sp³-hybridized carbons (Fsp3) is 0.217. The van der Waals surface area contributed by atoms with Crippen LogP contribution in [0, 0.1) is 13.8 Å². The first-order chi connectivity index (χ1) is 14.5. The second-order valence-corrected chi connectivity index (χ2v) is 6.56. The lowest BCUT2D eigenvalue weighted by atomic mass is 10.2. The first-order valence-electron chi connectivity index (χ1n) is 9.59. The standard InChI is InChI=1S/C23H24N2O5/c1-4-28-20-7-5-6-8-21(20)29-15-22(26)30-19-13-11-18(12-14-19)23(27)24-25-16(2)9-10-17(25)3/h5-14H,4,15H2,1-3H3,(H,24,27). The van der Waals surface area contributed by atoms with E-state index in [0.717, 1.165) is 11.4 Å². The van der Waals surface area contributed by atoms with Crippen LogP contribution in [0.15, 0.2) is 60.7 Å². The van der Waals surface area contributed by atoms with Crippen LogP contribution >= 0.6 is 0 Å². The van der Waals surface area contributed by atoms with E-state index >= 15 is 0 Å². The number of ether oxygens (including phenoxy) is 3. The Morgan fingerprint density at radius 2 is 1.47 bits per heavy atom. The Kier molecular flexibility index (Phi) is 6.75. The second kappa shape index (κ2) is 9.65. The van der Waals surface area contributed by atoms with Crippen molar-refractivity contribution in [3.05, 3.63) is 77.6 Å². The molecule has 1 amide bonds. The highest BCUT2D eigenvalue weighted by atomic mass is 16.6. The number of benzene rings is 2. The number of aromatic nitrogens is 1. The van der Waals surface area contributed by atoms with E-state index in [1.165, 1.54) is 0 Å². The molecule has 0 radical (unpaired) electrons. The van der Waals surface area contributed by atoms with Crippen molar-refractivity contribution in [2.24, 2.45) is 0 Å². The van der Waals surface area contributed by atoms with Crippen molar-refractivity contribution in [3.8, 4) is 17.2 Å². The van der Waals surface area contributed by atoms with Crippen LogP contribution in [0.2, 0.25) is 0 Å². The maximum Gasteiger partial charge on any atom is 0.349 e. The Hall–Kier alpha value is -3.74. The summed E-state index contributed by atoms with van der Waals surface area (Å²) in [6.45, 7) is 5.91. The third-order valence-corrected chi connectivity index (χ3v) is 4.33. The predicted molar refractivity (Wildman–Crippen MR) is 113 cm³/mol. The third-order valence-electron chi connectivity index (χ3n) is 4.33. The van der Waals surface area contributed by atoms with Gasteiger partial charge < -0.3 is 14.2 Å². The quantitative estimate of drug-likeness (QED) is 0.452. The fourth-order valence-corrected chi connectivity index (χ4v) is 2.83. The Balaban J connectivity index is 1.55. The molecule has 0 bridgehead atoms. The van der Waals surface area contributed by atoms with Crippen molar-refractivity contribution in [2.45, 2.75) is 20.8 Å².